The maximum Gasteiger partial charge on any atom is 0.262 e. The van der Waals surface area contributed by atoms with E-state index in [4.69, 9.17) is 0 Å². The Morgan fingerprint density at radius 3 is 3.05 bits per heavy atom. The second kappa shape index (κ2) is 4.17. The molecule has 0 atom stereocenters. The van der Waals surface area contributed by atoms with E-state index in [2.05, 4.69) is 30.2 Å². The number of nitrogens with one attached hydrogen (secondary N) is 2. The van der Waals surface area contributed by atoms with E-state index in [1.165, 1.54) is 18.0 Å². The molecule has 1 aliphatic rings. The highest BCUT2D eigenvalue weighted by molar-refractivity contribution is 7.99. The summed E-state index contributed by atoms with van der Waals surface area (Å²) >= 11 is 1.23. The summed E-state index contributed by atoms with van der Waals surface area (Å²) in [6.45, 7) is 0. The van der Waals surface area contributed by atoms with Crippen LogP contribution >= 0.6 is 11.8 Å². The first-order valence-corrected chi connectivity index (χ1v) is 7.04. The zero-order chi connectivity index (χ0) is 13.7. The summed E-state index contributed by atoms with van der Waals surface area (Å²) in [5.41, 5.74) is 0.345. The highest BCUT2D eigenvalue weighted by Gasteiger charge is 2.27. The minimum atomic E-state index is -0.205. The van der Waals surface area contributed by atoms with Gasteiger partial charge in [0, 0.05) is 13.0 Å². The second-order valence-corrected chi connectivity index (χ2v) is 5.71. The summed E-state index contributed by atoms with van der Waals surface area (Å²) in [6.07, 6.45) is 3.83. The summed E-state index contributed by atoms with van der Waals surface area (Å²) in [7, 11) is 1.75. The van der Waals surface area contributed by atoms with E-state index in [1.807, 2.05) is 0 Å². The van der Waals surface area contributed by atoms with Crippen molar-refractivity contribution in [2.75, 3.05) is 0 Å². The number of aryl methyl sites for hydroxylation is 1. The lowest BCUT2D eigenvalue weighted by Gasteiger charge is -1.97. The van der Waals surface area contributed by atoms with Crippen LogP contribution in [0.1, 0.15) is 24.6 Å². The van der Waals surface area contributed by atoms with Crippen LogP contribution in [0.25, 0.3) is 11.0 Å². The van der Waals surface area contributed by atoms with Crippen LogP contribution in [0.15, 0.2) is 21.3 Å². The van der Waals surface area contributed by atoms with Crippen LogP contribution in [0.5, 0.6) is 0 Å². The normalized spacial score (nSPS) is 15.1. The maximum absolute atomic E-state index is 11.9. The van der Waals surface area contributed by atoms with Crippen molar-refractivity contribution in [1.29, 1.82) is 0 Å². The third-order valence-corrected chi connectivity index (χ3v) is 3.97. The molecule has 20 heavy (non-hydrogen) atoms. The lowest BCUT2D eigenvalue weighted by atomic mass is 10.4. The third-order valence-electron chi connectivity index (χ3n) is 3.21. The van der Waals surface area contributed by atoms with Gasteiger partial charge in [-0.1, -0.05) is 0 Å². The molecule has 3 heterocycles. The van der Waals surface area contributed by atoms with Crippen LogP contribution in [0.3, 0.4) is 0 Å². The van der Waals surface area contributed by atoms with E-state index >= 15 is 0 Å². The average molecular weight is 289 g/mol. The Hall–Kier alpha value is -2.16. The van der Waals surface area contributed by atoms with Gasteiger partial charge in [-0.15, -0.1) is 5.10 Å². The van der Waals surface area contributed by atoms with Gasteiger partial charge in [0.05, 0.1) is 6.20 Å². The van der Waals surface area contributed by atoms with Gasteiger partial charge in [0.2, 0.25) is 5.16 Å². The van der Waals surface area contributed by atoms with Crippen LogP contribution < -0.4 is 5.56 Å². The topological polar surface area (TPSA) is 105 Å². The fourth-order valence-corrected chi connectivity index (χ4v) is 2.67. The number of hydrogen-bond acceptors (Lipinski definition) is 6. The summed E-state index contributed by atoms with van der Waals surface area (Å²) in [6, 6.07) is 0. The lowest BCUT2D eigenvalue weighted by molar-refractivity contribution is 0.776. The Bertz CT molecular complexity index is 844. The predicted molar refractivity (Wildman–Crippen MR) is 71.6 cm³/mol. The minimum absolute atomic E-state index is 0.205. The molecule has 0 aliphatic heterocycles. The summed E-state index contributed by atoms with van der Waals surface area (Å²) in [5.74, 6) is 1.43. The largest absolute Gasteiger partial charge is 0.300 e. The van der Waals surface area contributed by atoms with Gasteiger partial charge in [0.1, 0.15) is 11.2 Å². The van der Waals surface area contributed by atoms with Crippen molar-refractivity contribution in [3.8, 4) is 0 Å². The molecule has 0 unspecified atom stereocenters. The second-order valence-electron chi connectivity index (χ2n) is 4.76. The molecule has 0 saturated heterocycles. The van der Waals surface area contributed by atoms with Gasteiger partial charge < -0.3 is 4.98 Å². The van der Waals surface area contributed by atoms with Gasteiger partial charge in [-0.25, -0.2) is 9.97 Å². The fraction of sp³-hybridized carbons (Fsp3) is 0.364. The van der Waals surface area contributed by atoms with E-state index in [1.54, 1.807) is 11.7 Å². The molecule has 0 spiro atoms. The molecule has 9 heteroatoms. The quantitative estimate of drug-likeness (QED) is 0.691. The van der Waals surface area contributed by atoms with Gasteiger partial charge in [0.15, 0.2) is 10.8 Å². The van der Waals surface area contributed by atoms with Crippen LogP contribution in [0.2, 0.25) is 0 Å². The number of H-pyrrole nitrogens is 2. The first-order valence-electron chi connectivity index (χ1n) is 6.23. The molecule has 0 bridgehead atoms. The SMILES string of the molecule is Cn1ncc2c(=O)[nH]c(Sc3n[nH]c(C4CC4)n3)nc21. The fourth-order valence-electron chi connectivity index (χ4n) is 1.99. The number of fused-ring (bicyclic) bond motifs is 1. The van der Waals surface area contributed by atoms with Gasteiger partial charge in [0.25, 0.3) is 5.56 Å². The average Bonchev–Trinajstić information content (AvgIpc) is 3.07. The van der Waals surface area contributed by atoms with Crippen LogP contribution in [-0.4, -0.2) is 34.9 Å². The van der Waals surface area contributed by atoms with Crippen molar-refractivity contribution in [2.45, 2.75) is 29.1 Å². The molecular weight excluding hydrogens is 278 g/mol. The summed E-state index contributed by atoms with van der Waals surface area (Å²) in [5, 5.41) is 12.6. The van der Waals surface area contributed by atoms with Crippen LogP contribution in [0.4, 0.5) is 0 Å². The molecule has 1 fully saturated rings. The molecule has 3 aromatic rings. The van der Waals surface area contributed by atoms with Gasteiger partial charge in [-0.05, 0) is 24.6 Å². The highest BCUT2D eigenvalue weighted by atomic mass is 32.2. The zero-order valence-corrected chi connectivity index (χ0v) is 11.4. The molecule has 1 saturated carbocycles. The lowest BCUT2D eigenvalue weighted by Crippen LogP contribution is -2.09. The Kier molecular flexibility index (Phi) is 2.43. The molecule has 0 amide bonds. The maximum atomic E-state index is 11.9. The number of aromatic amines is 2. The molecule has 102 valence electrons. The Morgan fingerprint density at radius 1 is 1.40 bits per heavy atom. The first-order chi connectivity index (χ1) is 9.70. The van der Waals surface area contributed by atoms with Crippen molar-refractivity contribution in [3.05, 3.63) is 22.4 Å². The van der Waals surface area contributed by atoms with E-state index < -0.39 is 0 Å². The molecule has 0 aromatic carbocycles. The van der Waals surface area contributed by atoms with E-state index in [0.717, 1.165) is 18.7 Å². The Morgan fingerprint density at radius 2 is 2.25 bits per heavy atom. The van der Waals surface area contributed by atoms with Crippen molar-refractivity contribution in [1.82, 2.24) is 34.9 Å². The first kappa shape index (κ1) is 11.6. The molecule has 2 N–H and O–H groups in total. The molecule has 0 radical (unpaired) electrons. The van der Waals surface area contributed by atoms with E-state index in [9.17, 15) is 4.79 Å². The standard InChI is InChI=1S/C11H11N7OS/c1-18-8-6(4-12-18)9(19)15-10(14-8)20-11-13-7(16-17-11)5-2-3-5/h4-5H,2-3H2,1H3,(H,13,16,17)(H,14,15,19). The number of aromatic nitrogens is 7. The summed E-state index contributed by atoms with van der Waals surface area (Å²) < 4.78 is 1.57. The number of nitrogens with zero attached hydrogens (tertiary/aromatic N) is 5. The monoisotopic (exact) mass is 289 g/mol. The van der Waals surface area contributed by atoms with Crippen molar-refractivity contribution < 1.29 is 0 Å². The van der Waals surface area contributed by atoms with Gasteiger partial charge in [-0.2, -0.15) is 5.10 Å². The summed E-state index contributed by atoms with van der Waals surface area (Å²) in [4.78, 5) is 23.4. The van der Waals surface area contributed by atoms with Crippen molar-refractivity contribution in [3.63, 3.8) is 0 Å². The smallest absolute Gasteiger partial charge is 0.262 e. The minimum Gasteiger partial charge on any atom is -0.300 e. The van der Waals surface area contributed by atoms with Gasteiger partial charge in [-0.3, -0.25) is 14.6 Å². The molecule has 8 nitrogen and oxygen atoms in total. The van der Waals surface area contributed by atoms with Crippen LogP contribution in [0, 0.1) is 0 Å². The molecule has 4 rings (SSSR count). The Balaban J connectivity index is 1.70. The van der Waals surface area contributed by atoms with Crippen LogP contribution in [-0.2, 0) is 7.05 Å². The molecule has 1 aliphatic carbocycles. The number of rotatable bonds is 3. The van der Waals surface area contributed by atoms with Crippen molar-refractivity contribution in [2.24, 2.45) is 7.05 Å². The van der Waals surface area contributed by atoms with Crippen molar-refractivity contribution >= 4 is 22.8 Å². The van der Waals surface area contributed by atoms with E-state index in [-0.39, 0.29) is 5.56 Å². The molecule has 3 aromatic heterocycles. The third kappa shape index (κ3) is 1.90. The molecular formula is C11H11N7OS. The highest BCUT2D eigenvalue weighted by Crippen LogP contribution is 2.38. The van der Waals surface area contributed by atoms with E-state index in [0.29, 0.717) is 27.3 Å². The zero-order valence-electron chi connectivity index (χ0n) is 10.6. The Labute approximate surface area is 117 Å². The van der Waals surface area contributed by atoms with Gasteiger partial charge >= 0.3 is 0 Å². The number of hydrogen-bond donors (Lipinski definition) is 2. The predicted octanol–water partition coefficient (Wildman–Crippen LogP) is 0.803.